The van der Waals surface area contributed by atoms with Crippen molar-refractivity contribution in [2.24, 2.45) is 5.10 Å². The van der Waals surface area contributed by atoms with Crippen LogP contribution in [0.3, 0.4) is 0 Å². The molecule has 2 N–H and O–H groups in total. The number of nitrogens with zero attached hydrogens (tertiary/aromatic N) is 3. The lowest BCUT2D eigenvalue weighted by molar-refractivity contribution is 0.0885. The predicted molar refractivity (Wildman–Crippen MR) is 82.2 cm³/mol. The molecule has 0 fully saturated rings. The normalized spacial score (nSPS) is 12.8. The van der Waals surface area contributed by atoms with Crippen molar-refractivity contribution in [3.05, 3.63) is 29.4 Å². The van der Waals surface area contributed by atoms with Gasteiger partial charge in [-0.2, -0.15) is 5.10 Å². The van der Waals surface area contributed by atoms with E-state index < -0.39 is 5.60 Å². The van der Waals surface area contributed by atoms with Crippen LogP contribution in [0.25, 0.3) is 10.8 Å². The lowest BCUT2D eigenvalue weighted by Gasteiger charge is -2.16. The molecule has 0 saturated carbocycles. The van der Waals surface area contributed by atoms with Crippen LogP contribution >= 0.6 is 11.6 Å². The average Bonchev–Trinajstić information content (AvgIpc) is 2.36. The van der Waals surface area contributed by atoms with Gasteiger partial charge in [0.1, 0.15) is 0 Å². The first-order valence-corrected chi connectivity index (χ1v) is 6.67. The second kappa shape index (κ2) is 5.73. The fourth-order valence-corrected chi connectivity index (χ4v) is 2.17. The molecule has 106 valence electrons. The lowest BCUT2D eigenvalue weighted by atomic mass is 10.0. The molecule has 0 bridgehead atoms. The van der Waals surface area contributed by atoms with Crippen molar-refractivity contribution in [1.82, 2.24) is 10.2 Å². The van der Waals surface area contributed by atoms with Gasteiger partial charge in [0.25, 0.3) is 0 Å². The molecule has 5 nitrogen and oxygen atoms in total. The van der Waals surface area contributed by atoms with E-state index in [0.717, 1.165) is 16.5 Å². The third-order valence-corrected chi connectivity index (χ3v) is 2.96. The maximum absolute atomic E-state index is 9.74. The van der Waals surface area contributed by atoms with Gasteiger partial charge in [-0.25, -0.2) is 0 Å². The zero-order valence-electron chi connectivity index (χ0n) is 11.7. The topological polar surface area (TPSA) is 70.4 Å². The summed E-state index contributed by atoms with van der Waals surface area (Å²) in [6, 6.07) is 7.57. The number of anilines is 1. The lowest BCUT2D eigenvalue weighted by Crippen LogP contribution is -2.22. The fourth-order valence-electron chi connectivity index (χ4n) is 1.97. The number of hydrogen-bond donors (Lipinski definition) is 2. The summed E-state index contributed by atoms with van der Waals surface area (Å²) in [5, 5.41) is 23.9. The zero-order valence-corrected chi connectivity index (χ0v) is 12.4. The van der Waals surface area contributed by atoms with Gasteiger partial charge in [0.05, 0.1) is 5.60 Å². The second-order valence-electron chi connectivity index (χ2n) is 5.33. The minimum absolute atomic E-state index is 0.364. The Balaban J connectivity index is 2.27. The molecule has 20 heavy (non-hydrogen) atoms. The summed E-state index contributed by atoms with van der Waals surface area (Å²) in [6.07, 6.45) is 0.471. The van der Waals surface area contributed by atoms with E-state index in [0.29, 0.717) is 17.4 Å². The van der Waals surface area contributed by atoms with Crippen LogP contribution in [0.1, 0.15) is 27.2 Å². The van der Waals surface area contributed by atoms with Crippen LogP contribution in [-0.2, 0) is 0 Å². The van der Waals surface area contributed by atoms with Crippen molar-refractivity contribution in [3.63, 3.8) is 0 Å². The van der Waals surface area contributed by atoms with Gasteiger partial charge in [0, 0.05) is 22.9 Å². The first-order chi connectivity index (χ1) is 9.37. The highest BCUT2D eigenvalue weighted by Crippen LogP contribution is 2.25. The zero-order chi connectivity index (χ0) is 14.8. The third-order valence-electron chi connectivity index (χ3n) is 2.68. The molecule has 1 aromatic carbocycles. The second-order valence-corrected chi connectivity index (χ2v) is 5.69. The van der Waals surface area contributed by atoms with Crippen molar-refractivity contribution in [1.29, 1.82) is 0 Å². The Hall–Kier alpha value is -1.72. The molecule has 2 rings (SSSR count). The van der Waals surface area contributed by atoms with Crippen molar-refractivity contribution >= 4 is 33.9 Å². The molecule has 0 aliphatic rings. The summed E-state index contributed by atoms with van der Waals surface area (Å²) in [6.45, 7) is 5.32. The van der Waals surface area contributed by atoms with E-state index in [1.165, 1.54) is 0 Å². The first-order valence-electron chi connectivity index (χ1n) is 6.29. The highest BCUT2D eigenvalue weighted by atomic mass is 35.5. The third kappa shape index (κ3) is 3.65. The van der Waals surface area contributed by atoms with E-state index in [9.17, 15) is 5.11 Å². The van der Waals surface area contributed by atoms with Crippen LogP contribution in [0, 0.1) is 0 Å². The van der Waals surface area contributed by atoms with E-state index >= 15 is 0 Å². The van der Waals surface area contributed by atoms with Gasteiger partial charge in [0.15, 0.2) is 11.0 Å². The molecule has 0 unspecified atom stereocenters. The van der Waals surface area contributed by atoms with E-state index in [4.69, 9.17) is 11.6 Å². The van der Waals surface area contributed by atoms with Crippen molar-refractivity contribution < 1.29 is 5.11 Å². The molecule has 0 atom stereocenters. The van der Waals surface area contributed by atoms with Crippen molar-refractivity contribution in [2.45, 2.75) is 32.8 Å². The van der Waals surface area contributed by atoms with Crippen molar-refractivity contribution in [3.8, 4) is 0 Å². The summed E-state index contributed by atoms with van der Waals surface area (Å²) in [5.74, 6) is 0.542. The van der Waals surface area contributed by atoms with Crippen LogP contribution in [0.2, 0.25) is 5.15 Å². The Morgan fingerprint density at radius 3 is 2.60 bits per heavy atom. The van der Waals surface area contributed by atoms with E-state index in [-0.39, 0.29) is 0 Å². The SMILES string of the molecule is C/C(CC(C)(C)O)=N/Nc1nnc(Cl)c2ccccc12. The predicted octanol–water partition coefficient (Wildman–Crippen LogP) is 3.23. The minimum atomic E-state index is -0.789. The Morgan fingerprint density at radius 1 is 1.30 bits per heavy atom. The highest BCUT2D eigenvalue weighted by Gasteiger charge is 2.14. The number of hydrazone groups is 1. The maximum atomic E-state index is 9.74. The fraction of sp³-hybridized carbons (Fsp3) is 0.357. The molecule has 1 aromatic heterocycles. The van der Waals surface area contributed by atoms with Crippen LogP contribution in [0.5, 0.6) is 0 Å². The Labute approximate surface area is 122 Å². The van der Waals surface area contributed by atoms with Gasteiger partial charge < -0.3 is 5.11 Å². The Kier molecular flexibility index (Phi) is 4.20. The van der Waals surface area contributed by atoms with Gasteiger partial charge in [-0.1, -0.05) is 35.9 Å². The minimum Gasteiger partial charge on any atom is -0.390 e. The van der Waals surface area contributed by atoms with Crippen molar-refractivity contribution in [2.75, 3.05) is 5.43 Å². The van der Waals surface area contributed by atoms with Gasteiger partial charge in [-0.15, -0.1) is 10.2 Å². The number of aliphatic hydroxyl groups is 1. The molecule has 0 spiro atoms. The number of fused-ring (bicyclic) bond motifs is 1. The Bertz CT molecular complexity index is 649. The number of rotatable bonds is 4. The Morgan fingerprint density at radius 2 is 1.95 bits per heavy atom. The van der Waals surface area contributed by atoms with Gasteiger partial charge >= 0.3 is 0 Å². The summed E-state index contributed by atoms with van der Waals surface area (Å²) in [5.41, 5.74) is 2.87. The van der Waals surface area contributed by atoms with E-state index in [1.54, 1.807) is 13.8 Å². The molecule has 0 aliphatic heterocycles. The van der Waals surface area contributed by atoms with Crippen LogP contribution < -0.4 is 5.43 Å². The average molecular weight is 293 g/mol. The molecular formula is C14H17ClN4O. The van der Waals surface area contributed by atoms with E-state index in [2.05, 4.69) is 20.7 Å². The molecule has 0 amide bonds. The highest BCUT2D eigenvalue weighted by molar-refractivity contribution is 6.34. The number of nitrogens with one attached hydrogen (secondary N) is 1. The summed E-state index contributed by atoms with van der Waals surface area (Å²) in [7, 11) is 0. The molecule has 0 radical (unpaired) electrons. The summed E-state index contributed by atoms with van der Waals surface area (Å²) < 4.78 is 0. The number of hydrogen-bond acceptors (Lipinski definition) is 5. The molecule has 6 heteroatoms. The molecule has 2 aromatic rings. The molecule has 0 aliphatic carbocycles. The van der Waals surface area contributed by atoms with Gasteiger partial charge in [-0.05, 0) is 20.8 Å². The molecular weight excluding hydrogens is 276 g/mol. The summed E-state index contributed by atoms with van der Waals surface area (Å²) in [4.78, 5) is 0. The quantitative estimate of drug-likeness (QED) is 0.670. The summed E-state index contributed by atoms with van der Waals surface area (Å²) >= 11 is 6.01. The van der Waals surface area contributed by atoms with Gasteiger partial charge in [-0.3, -0.25) is 5.43 Å². The monoisotopic (exact) mass is 292 g/mol. The smallest absolute Gasteiger partial charge is 0.176 e. The molecule has 1 heterocycles. The number of aromatic nitrogens is 2. The number of benzene rings is 1. The van der Waals surface area contributed by atoms with E-state index in [1.807, 2.05) is 31.2 Å². The first kappa shape index (κ1) is 14.7. The maximum Gasteiger partial charge on any atom is 0.176 e. The van der Waals surface area contributed by atoms with Crippen LogP contribution in [0.4, 0.5) is 5.82 Å². The molecule has 0 saturated heterocycles. The largest absolute Gasteiger partial charge is 0.390 e. The van der Waals surface area contributed by atoms with Crippen LogP contribution in [0.15, 0.2) is 29.4 Å². The van der Waals surface area contributed by atoms with Gasteiger partial charge in [0.2, 0.25) is 0 Å². The number of halogens is 1. The standard InChI is InChI=1S/C14H17ClN4O/c1-9(8-14(2,3)20)16-18-13-11-7-5-4-6-10(11)12(15)17-19-13/h4-7,20H,8H2,1-3H3,(H,18,19)/b16-9-. The van der Waals surface area contributed by atoms with Crippen LogP contribution in [-0.4, -0.2) is 26.6 Å².